The maximum Gasteiger partial charge on any atom is 0.280 e. The van der Waals surface area contributed by atoms with Crippen LogP contribution in [0, 0.1) is 5.92 Å². The van der Waals surface area contributed by atoms with Crippen LogP contribution in [0.25, 0.3) is 22.4 Å². The molecular weight excluding hydrogens is 444 g/mol. The van der Waals surface area contributed by atoms with E-state index in [2.05, 4.69) is 37.7 Å². The van der Waals surface area contributed by atoms with Crippen LogP contribution in [0.5, 0.6) is 5.75 Å². The lowest BCUT2D eigenvalue weighted by atomic mass is 10.0. The van der Waals surface area contributed by atoms with E-state index in [-0.39, 0.29) is 5.56 Å². The maximum atomic E-state index is 12.6. The van der Waals surface area contributed by atoms with E-state index in [1.54, 1.807) is 17.8 Å². The molecule has 1 atom stereocenters. The highest BCUT2D eigenvalue weighted by molar-refractivity contribution is 9.10. The Morgan fingerprint density at radius 1 is 1.27 bits per heavy atom. The van der Waals surface area contributed by atoms with Crippen molar-refractivity contribution in [2.45, 2.75) is 26.2 Å². The van der Waals surface area contributed by atoms with E-state index < -0.39 is 0 Å². The van der Waals surface area contributed by atoms with Gasteiger partial charge >= 0.3 is 0 Å². The Morgan fingerprint density at radius 3 is 2.83 bits per heavy atom. The Bertz CT molecular complexity index is 1080. The predicted octanol–water partition coefficient (Wildman–Crippen LogP) is 4.26. The van der Waals surface area contributed by atoms with Gasteiger partial charge in [-0.3, -0.25) is 9.36 Å². The summed E-state index contributed by atoms with van der Waals surface area (Å²) < 4.78 is 8.26. The molecule has 0 bridgehead atoms. The van der Waals surface area contributed by atoms with Gasteiger partial charge in [-0.2, -0.15) is 0 Å². The first-order valence-electron chi connectivity index (χ1n) is 10.5. The van der Waals surface area contributed by atoms with Crippen LogP contribution in [0.1, 0.15) is 26.2 Å². The third-order valence-corrected chi connectivity index (χ3v) is 6.06. The summed E-state index contributed by atoms with van der Waals surface area (Å²) in [5.41, 5.74) is 1.66. The Hall–Kier alpha value is -2.25. The Balaban J connectivity index is 1.41. The van der Waals surface area contributed by atoms with E-state index >= 15 is 0 Å². The van der Waals surface area contributed by atoms with Crippen molar-refractivity contribution in [1.82, 2.24) is 19.4 Å². The first kappa shape index (κ1) is 21.0. The summed E-state index contributed by atoms with van der Waals surface area (Å²) >= 11 is 3.39. The van der Waals surface area contributed by atoms with Crippen molar-refractivity contribution in [3.05, 3.63) is 51.4 Å². The van der Waals surface area contributed by atoms with Crippen LogP contribution in [0.2, 0.25) is 0 Å². The number of piperidine rings is 1. The fourth-order valence-electron chi connectivity index (χ4n) is 4.05. The number of ether oxygens (including phenoxy) is 1. The molecule has 1 aromatic carbocycles. The van der Waals surface area contributed by atoms with Gasteiger partial charge in [0, 0.05) is 36.4 Å². The molecule has 0 amide bonds. The van der Waals surface area contributed by atoms with Crippen molar-refractivity contribution in [2.75, 3.05) is 26.2 Å². The van der Waals surface area contributed by atoms with Gasteiger partial charge in [-0.05, 0) is 78.0 Å². The molecule has 1 saturated heterocycles. The van der Waals surface area contributed by atoms with E-state index in [0.29, 0.717) is 23.5 Å². The molecule has 0 aliphatic carbocycles. The minimum absolute atomic E-state index is 0.158. The van der Waals surface area contributed by atoms with Crippen LogP contribution in [0.15, 0.2) is 45.8 Å². The summed E-state index contributed by atoms with van der Waals surface area (Å²) in [7, 11) is 1.72. The predicted molar refractivity (Wildman–Crippen MR) is 123 cm³/mol. The molecule has 0 saturated carbocycles. The van der Waals surface area contributed by atoms with Crippen LogP contribution in [-0.2, 0) is 7.05 Å². The summed E-state index contributed by atoms with van der Waals surface area (Å²) in [6, 6.07) is 9.58. The van der Waals surface area contributed by atoms with Crippen LogP contribution < -0.4 is 10.3 Å². The second kappa shape index (κ2) is 9.27. The van der Waals surface area contributed by atoms with Gasteiger partial charge in [0.05, 0.1) is 12.1 Å². The fraction of sp³-hybridized carbons (Fsp3) is 0.435. The molecule has 1 aliphatic rings. The van der Waals surface area contributed by atoms with E-state index in [0.717, 1.165) is 34.7 Å². The van der Waals surface area contributed by atoms with Gasteiger partial charge in [-0.25, -0.2) is 9.97 Å². The molecule has 158 valence electrons. The highest BCUT2D eigenvalue weighted by atomic mass is 79.9. The van der Waals surface area contributed by atoms with Gasteiger partial charge < -0.3 is 9.64 Å². The molecule has 3 aromatic rings. The molecule has 3 heterocycles. The lowest BCUT2D eigenvalue weighted by molar-refractivity contribution is 0.170. The zero-order valence-corrected chi connectivity index (χ0v) is 19.1. The van der Waals surface area contributed by atoms with E-state index in [9.17, 15) is 4.79 Å². The van der Waals surface area contributed by atoms with Crippen LogP contribution in [0.4, 0.5) is 0 Å². The highest BCUT2D eigenvalue weighted by Crippen LogP contribution is 2.22. The number of halogens is 1. The van der Waals surface area contributed by atoms with Gasteiger partial charge in [0.25, 0.3) is 5.56 Å². The van der Waals surface area contributed by atoms with Crippen molar-refractivity contribution in [3.63, 3.8) is 0 Å². The van der Waals surface area contributed by atoms with Gasteiger partial charge in [-0.1, -0.05) is 6.92 Å². The van der Waals surface area contributed by atoms with Crippen LogP contribution in [-0.4, -0.2) is 45.7 Å². The number of pyridine rings is 1. The van der Waals surface area contributed by atoms with E-state index in [4.69, 9.17) is 4.74 Å². The minimum Gasteiger partial charge on any atom is -0.494 e. The molecule has 7 heteroatoms. The summed E-state index contributed by atoms with van der Waals surface area (Å²) in [5, 5.41) is 0. The molecule has 30 heavy (non-hydrogen) atoms. The Morgan fingerprint density at radius 2 is 2.07 bits per heavy atom. The number of benzene rings is 1. The van der Waals surface area contributed by atoms with Crippen molar-refractivity contribution in [1.29, 1.82) is 0 Å². The number of nitrogens with zero attached hydrogens (tertiary/aromatic N) is 4. The second-order valence-corrected chi connectivity index (χ2v) is 9.01. The summed E-state index contributed by atoms with van der Waals surface area (Å²) in [5.74, 6) is 2.25. The topological polar surface area (TPSA) is 60.2 Å². The van der Waals surface area contributed by atoms with Gasteiger partial charge in [0.15, 0.2) is 5.52 Å². The molecule has 4 rings (SSSR count). The van der Waals surface area contributed by atoms with Gasteiger partial charge in [0.2, 0.25) is 0 Å². The number of rotatable bonds is 6. The average molecular weight is 471 g/mol. The molecule has 0 N–H and O–H groups in total. The minimum atomic E-state index is -0.158. The Labute approximate surface area is 185 Å². The Kier molecular flexibility index (Phi) is 6.49. The molecule has 0 radical (unpaired) electrons. The smallest absolute Gasteiger partial charge is 0.280 e. The van der Waals surface area contributed by atoms with Crippen molar-refractivity contribution in [3.8, 4) is 17.1 Å². The third kappa shape index (κ3) is 4.73. The largest absolute Gasteiger partial charge is 0.494 e. The van der Waals surface area contributed by atoms with Crippen LogP contribution >= 0.6 is 15.9 Å². The van der Waals surface area contributed by atoms with E-state index in [1.807, 2.05) is 30.3 Å². The molecule has 2 aromatic heterocycles. The molecule has 6 nitrogen and oxygen atoms in total. The standard InChI is InChI=1S/C23H27BrN4O2/c1-16-5-3-10-28(15-16)11-4-12-30-19-8-6-17(7-9-19)22-26-20-13-18(24)14-25-21(20)23(29)27(22)2/h6-9,13-14,16H,3-5,10-12,15H2,1-2H3. The van der Waals surface area contributed by atoms with Gasteiger partial charge in [0.1, 0.15) is 11.6 Å². The fourth-order valence-corrected chi connectivity index (χ4v) is 4.37. The second-order valence-electron chi connectivity index (χ2n) is 8.10. The quantitative estimate of drug-likeness (QED) is 0.503. The maximum absolute atomic E-state index is 12.6. The van der Waals surface area contributed by atoms with Crippen LogP contribution in [0.3, 0.4) is 0 Å². The first-order chi connectivity index (χ1) is 14.5. The molecular formula is C23H27BrN4O2. The number of hydrogen-bond donors (Lipinski definition) is 0. The average Bonchev–Trinajstić information content (AvgIpc) is 2.74. The monoisotopic (exact) mass is 470 g/mol. The number of fused-ring (bicyclic) bond motifs is 1. The third-order valence-electron chi connectivity index (χ3n) is 5.63. The normalized spacial score (nSPS) is 17.4. The summed E-state index contributed by atoms with van der Waals surface area (Å²) in [6.45, 7) is 6.55. The lowest BCUT2D eigenvalue weighted by Crippen LogP contribution is -2.35. The number of hydrogen-bond acceptors (Lipinski definition) is 5. The molecule has 1 aliphatic heterocycles. The van der Waals surface area contributed by atoms with E-state index in [1.165, 1.54) is 25.9 Å². The SMILES string of the molecule is CC1CCCN(CCCOc2ccc(-c3nc4cc(Br)cnc4c(=O)n3C)cc2)C1. The number of aromatic nitrogens is 3. The summed E-state index contributed by atoms with van der Waals surface area (Å²) in [4.78, 5) is 24.0. The summed E-state index contributed by atoms with van der Waals surface area (Å²) in [6.07, 6.45) is 5.30. The lowest BCUT2D eigenvalue weighted by Gasteiger charge is -2.30. The van der Waals surface area contributed by atoms with Crippen molar-refractivity contribution >= 4 is 27.0 Å². The highest BCUT2D eigenvalue weighted by Gasteiger charge is 2.15. The van der Waals surface area contributed by atoms with Crippen molar-refractivity contribution in [2.24, 2.45) is 13.0 Å². The zero-order chi connectivity index (χ0) is 21.1. The molecule has 1 fully saturated rings. The molecule has 1 unspecified atom stereocenters. The first-order valence-corrected chi connectivity index (χ1v) is 11.3. The molecule has 0 spiro atoms. The zero-order valence-electron chi connectivity index (χ0n) is 17.5. The van der Waals surface area contributed by atoms with Crippen molar-refractivity contribution < 1.29 is 4.74 Å². The van der Waals surface area contributed by atoms with Gasteiger partial charge in [-0.15, -0.1) is 0 Å². The number of likely N-dealkylation sites (tertiary alicyclic amines) is 1.